The summed E-state index contributed by atoms with van der Waals surface area (Å²) in [6.45, 7) is 4.18. The smallest absolute Gasteiger partial charge is 0.254 e. The molecule has 1 aliphatic rings. The van der Waals surface area contributed by atoms with Gasteiger partial charge in [-0.2, -0.15) is 0 Å². The van der Waals surface area contributed by atoms with E-state index in [1.54, 1.807) is 19.2 Å². The van der Waals surface area contributed by atoms with Gasteiger partial charge in [0.15, 0.2) is 0 Å². The summed E-state index contributed by atoms with van der Waals surface area (Å²) in [5.41, 5.74) is 1.79. The third-order valence-electron chi connectivity index (χ3n) is 4.44. The van der Waals surface area contributed by atoms with Gasteiger partial charge in [-0.05, 0) is 36.4 Å². The Morgan fingerprint density at radius 1 is 1.17 bits per heavy atom. The first-order valence-electron chi connectivity index (χ1n) is 8.17. The van der Waals surface area contributed by atoms with Crippen molar-refractivity contribution in [3.63, 3.8) is 0 Å². The maximum absolute atomic E-state index is 13.0. The first-order valence-corrected chi connectivity index (χ1v) is 8.17. The van der Waals surface area contributed by atoms with Crippen LogP contribution in [-0.4, -0.2) is 44.1 Å². The third-order valence-corrected chi connectivity index (χ3v) is 4.44. The Bertz CT molecular complexity index is 695. The van der Waals surface area contributed by atoms with E-state index < -0.39 is 0 Å². The molecule has 0 atom stereocenters. The molecule has 0 spiro atoms. The summed E-state index contributed by atoms with van der Waals surface area (Å²) < 4.78 is 18.2. The highest BCUT2D eigenvalue weighted by molar-refractivity contribution is 5.94. The van der Waals surface area contributed by atoms with Gasteiger partial charge in [-0.25, -0.2) is 4.39 Å². The topological polar surface area (TPSA) is 34.0 Å². The van der Waals surface area contributed by atoms with Crippen molar-refractivity contribution in [2.75, 3.05) is 33.3 Å². The Morgan fingerprint density at radius 3 is 2.54 bits per heavy atom. The lowest BCUT2D eigenvalue weighted by Gasteiger charge is -2.32. The lowest BCUT2D eigenvalue weighted by molar-refractivity contribution is -0.917. The van der Waals surface area contributed by atoms with Crippen LogP contribution in [0.15, 0.2) is 48.5 Å². The molecular formula is C19H22FN2O2+. The van der Waals surface area contributed by atoms with E-state index in [4.69, 9.17) is 4.74 Å². The van der Waals surface area contributed by atoms with Crippen molar-refractivity contribution in [3.05, 3.63) is 65.5 Å². The van der Waals surface area contributed by atoms with E-state index in [0.717, 1.165) is 38.5 Å². The molecule has 126 valence electrons. The van der Waals surface area contributed by atoms with Crippen molar-refractivity contribution in [2.24, 2.45) is 0 Å². The zero-order valence-corrected chi connectivity index (χ0v) is 13.8. The highest BCUT2D eigenvalue weighted by atomic mass is 19.1. The number of hydrogen-bond acceptors (Lipinski definition) is 2. The van der Waals surface area contributed by atoms with Gasteiger partial charge in [0.2, 0.25) is 0 Å². The number of ether oxygens (including phenoxy) is 1. The highest BCUT2D eigenvalue weighted by Gasteiger charge is 2.24. The molecule has 0 aromatic heterocycles. The molecule has 3 rings (SSSR count). The number of methoxy groups -OCH3 is 1. The number of piperazine rings is 1. The van der Waals surface area contributed by atoms with Gasteiger partial charge in [-0.3, -0.25) is 4.79 Å². The van der Waals surface area contributed by atoms with Crippen LogP contribution in [0, 0.1) is 5.82 Å². The van der Waals surface area contributed by atoms with E-state index in [0.29, 0.717) is 5.56 Å². The molecule has 1 saturated heterocycles. The maximum Gasteiger partial charge on any atom is 0.254 e. The lowest BCUT2D eigenvalue weighted by atomic mass is 10.1. The second-order valence-electron chi connectivity index (χ2n) is 6.08. The normalized spacial score (nSPS) is 15.3. The largest absolute Gasteiger partial charge is 0.497 e. The minimum absolute atomic E-state index is 0.0181. The zero-order valence-electron chi connectivity index (χ0n) is 13.8. The number of hydrogen-bond donors (Lipinski definition) is 1. The molecule has 2 aromatic rings. The van der Waals surface area contributed by atoms with Crippen LogP contribution < -0.4 is 9.64 Å². The summed E-state index contributed by atoms with van der Waals surface area (Å²) in [6.07, 6.45) is 0. The number of nitrogens with one attached hydrogen (secondary N) is 1. The second kappa shape index (κ2) is 7.45. The fraction of sp³-hybridized carbons (Fsp3) is 0.316. The number of carbonyl (C=O) groups excluding carboxylic acids is 1. The Kier molecular flexibility index (Phi) is 5.11. The van der Waals surface area contributed by atoms with Gasteiger partial charge in [0, 0.05) is 11.1 Å². The number of benzene rings is 2. The second-order valence-corrected chi connectivity index (χ2v) is 6.08. The van der Waals surface area contributed by atoms with Crippen molar-refractivity contribution in [1.29, 1.82) is 0 Å². The molecule has 5 heteroatoms. The molecule has 4 nitrogen and oxygen atoms in total. The van der Waals surface area contributed by atoms with Gasteiger partial charge < -0.3 is 14.5 Å². The Balaban J connectivity index is 1.55. The first kappa shape index (κ1) is 16.5. The van der Waals surface area contributed by atoms with Crippen molar-refractivity contribution in [3.8, 4) is 5.75 Å². The Morgan fingerprint density at radius 2 is 1.88 bits per heavy atom. The minimum atomic E-state index is -0.320. The maximum atomic E-state index is 13.0. The van der Waals surface area contributed by atoms with Crippen molar-refractivity contribution < 1.29 is 18.8 Å². The Hall–Kier alpha value is -2.40. The summed E-state index contributed by atoms with van der Waals surface area (Å²) in [7, 11) is 1.67. The van der Waals surface area contributed by atoms with Gasteiger partial charge in [-0.1, -0.05) is 12.1 Å². The molecule has 0 aliphatic carbocycles. The van der Waals surface area contributed by atoms with Gasteiger partial charge in [0.25, 0.3) is 5.91 Å². The number of halogens is 1. The number of amides is 1. The summed E-state index contributed by atoms with van der Waals surface area (Å²) in [5, 5.41) is 0. The number of rotatable bonds is 4. The van der Waals surface area contributed by atoms with Gasteiger partial charge in [-0.15, -0.1) is 0 Å². The van der Waals surface area contributed by atoms with E-state index >= 15 is 0 Å². The van der Waals surface area contributed by atoms with E-state index in [9.17, 15) is 9.18 Å². The molecule has 0 radical (unpaired) electrons. The summed E-state index contributed by atoms with van der Waals surface area (Å²) >= 11 is 0. The first-order chi connectivity index (χ1) is 11.7. The summed E-state index contributed by atoms with van der Waals surface area (Å²) in [5.74, 6) is 0.534. The number of carbonyl (C=O) groups is 1. The van der Waals surface area contributed by atoms with E-state index in [1.807, 2.05) is 17.0 Å². The van der Waals surface area contributed by atoms with E-state index in [2.05, 4.69) is 12.1 Å². The van der Waals surface area contributed by atoms with Crippen LogP contribution in [-0.2, 0) is 6.54 Å². The monoisotopic (exact) mass is 329 g/mol. The average Bonchev–Trinajstić information content (AvgIpc) is 2.62. The third kappa shape index (κ3) is 3.92. The summed E-state index contributed by atoms with van der Waals surface area (Å²) in [6, 6.07) is 13.9. The average molecular weight is 329 g/mol. The molecule has 2 aromatic carbocycles. The molecular weight excluding hydrogens is 307 g/mol. The fourth-order valence-corrected chi connectivity index (χ4v) is 3.05. The predicted molar refractivity (Wildman–Crippen MR) is 89.7 cm³/mol. The SMILES string of the molecule is COc1cccc(C[NH+]2CCN(C(=O)c3ccc(F)cc3)CC2)c1. The molecule has 1 amide bonds. The molecule has 1 aliphatic heterocycles. The molecule has 0 bridgehead atoms. The highest BCUT2D eigenvalue weighted by Crippen LogP contribution is 2.12. The molecule has 1 N–H and O–H groups in total. The van der Waals surface area contributed by atoms with E-state index in [1.165, 1.54) is 22.6 Å². The van der Waals surface area contributed by atoms with E-state index in [-0.39, 0.29) is 11.7 Å². The van der Waals surface area contributed by atoms with Gasteiger partial charge in [0.1, 0.15) is 18.1 Å². The van der Waals surface area contributed by atoms with Crippen molar-refractivity contribution in [2.45, 2.75) is 6.54 Å². The molecule has 24 heavy (non-hydrogen) atoms. The van der Waals surface area contributed by atoms with Crippen molar-refractivity contribution in [1.82, 2.24) is 4.90 Å². The van der Waals surface area contributed by atoms with Crippen LogP contribution in [0.5, 0.6) is 5.75 Å². The van der Waals surface area contributed by atoms with Crippen LogP contribution >= 0.6 is 0 Å². The number of nitrogens with zero attached hydrogens (tertiary/aromatic N) is 1. The van der Waals surface area contributed by atoms with Crippen molar-refractivity contribution >= 4 is 5.91 Å². The molecule has 0 saturated carbocycles. The predicted octanol–water partition coefficient (Wildman–Crippen LogP) is 1.38. The van der Waals surface area contributed by atoms with Crippen LogP contribution in [0.3, 0.4) is 0 Å². The Labute approximate surface area is 141 Å². The van der Waals surface area contributed by atoms with Crippen LogP contribution in [0.4, 0.5) is 4.39 Å². The van der Waals surface area contributed by atoms with Crippen LogP contribution in [0.1, 0.15) is 15.9 Å². The fourth-order valence-electron chi connectivity index (χ4n) is 3.05. The standard InChI is InChI=1S/C19H21FN2O2/c1-24-18-4-2-3-15(13-18)14-21-9-11-22(12-10-21)19(23)16-5-7-17(20)8-6-16/h2-8,13H,9-12,14H2,1H3/p+1. The van der Waals surface area contributed by atoms with Crippen LogP contribution in [0.25, 0.3) is 0 Å². The zero-order chi connectivity index (χ0) is 16.9. The molecule has 1 fully saturated rings. The number of quaternary nitrogens is 1. The lowest BCUT2D eigenvalue weighted by Crippen LogP contribution is -3.13. The molecule has 0 unspecified atom stereocenters. The quantitative estimate of drug-likeness (QED) is 0.919. The van der Waals surface area contributed by atoms with Gasteiger partial charge >= 0.3 is 0 Å². The molecule has 1 heterocycles. The minimum Gasteiger partial charge on any atom is -0.497 e. The summed E-state index contributed by atoms with van der Waals surface area (Å²) in [4.78, 5) is 15.7. The van der Waals surface area contributed by atoms with Crippen LogP contribution in [0.2, 0.25) is 0 Å². The van der Waals surface area contributed by atoms with Gasteiger partial charge in [0.05, 0.1) is 33.3 Å².